The third-order valence-electron chi connectivity index (χ3n) is 3.32. The van der Waals surface area contributed by atoms with E-state index in [2.05, 4.69) is 5.32 Å². The molecule has 0 bridgehead atoms. The highest BCUT2D eigenvalue weighted by molar-refractivity contribution is 7.89. The molecule has 0 unspecified atom stereocenters. The molecule has 0 spiro atoms. The normalized spacial score (nSPS) is 16.6. The first-order valence-electron chi connectivity index (χ1n) is 6.67. The lowest BCUT2D eigenvalue weighted by Crippen LogP contribution is -2.39. The molecule has 21 heavy (non-hydrogen) atoms. The molecule has 7 heteroatoms. The minimum atomic E-state index is -3.75. The number of hydrogen-bond acceptors (Lipinski definition) is 3. The van der Waals surface area contributed by atoms with Crippen molar-refractivity contribution < 1.29 is 13.2 Å². The summed E-state index contributed by atoms with van der Waals surface area (Å²) in [5, 5.41) is 2.85. The van der Waals surface area contributed by atoms with Crippen LogP contribution >= 0.6 is 11.6 Å². The fourth-order valence-electron chi connectivity index (χ4n) is 2.11. The molecule has 0 aromatic heterocycles. The molecule has 1 amide bonds. The van der Waals surface area contributed by atoms with Crippen LogP contribution in [0.25, 0.3) is 5.03 Å². The van der Waals surface area contributed by atoms with Gasteiger partial charge in [0, 0.05) is 19.2 Å². The summed E-state index contributed by atoms with van der Waals surface area (Å²) >= 11 is 6.26. The molecule has 0 aliphatic carbocycles. The zero-order valence-corrected chi connectivity index (χ0v) is 13.5. The van der Waals surface area contributed by atoms with E-state index in [1.165, 1.54) is 13.1 Å². The van der Waals surface area contributed by atoms with E-state index in [4.69, 9.17) is 11.6 Å². The number of rotatable bonds is 4. The molecule has 1 aliphatic heterocycles. The predicted molar refractivity (Wildman–Crippen MR) is 82.1 cm³/mol. The van der Waals surface area contributed by atoms with Crippen molar-refractivity contribution >= 4 is 32.6 Å². The van der Waals surface area contributed by atoms with E-state index in [0.717, 1.165) is 17.1 Å². The van der Waals surface area contributed by atoms with Crippen LogP contribution in [0.1, 0.15) is 25.3 Å². The van der Waals surface area contributed by atoms with Gasteiger partial charge in [-0.15, -0.1) is 0 Å². The Morgan fingerprint density at radius 3 is 2.67 bits per heavy atom. The number of carbonyl (C=O) groups excluding carboxylic acids is 1. The van der Waals surface area contributed by atoms with E-state index in [9.17, 15) is 13.2 Å². The Morgan fingerprint density at radius 1 is 1.33 bits per heavy atom. The highest BCUT2D eigenvalue weighted by Gasteiger charge is 2.36. The van der Waals surface area contributed by atoms with Gasteiger partial charge in [0.2, 0.25) is 0 Å². The van der Waals surface area contributed by atoms with Gasteiger partial charge >= 0.3 is 0 Å². The van der Waals surface area contributed by atoms with Crippen molar-refractivity contribution in [2.75, 3.05) is 13.6 Å². The van der Waals surface area contributed by atoms with Gasteiger partial charge in [-0.1, -0.05) is 43.1 Å². The topological polar surface area (TPSA) is 66.5 Å². The van der Waals surface area contributed by atoms with Crippen molar-refractivity contribution in [3.63, 3.8) is 0 Å². The Morgan fingerprint density at radius 2 is 2.00 bits per heavy atom. The number of hydrogen-bond donors (Lipinski definition) is 1. The maximum Gasteiger partial charge on any atom is 0.270 e. The molecule has 1 N–H and O–H groups in total. The Hall–Kier alpha value is -1.53. The summed E-state index contributed by atoms with van der Waals surface area (Å²) in [6.07, 6.45) is 1.76. The van der Waals surface area contributed by atoms with Crippen molar-refractivity contribution in [1.82, 2.24) is 9.62 Å². The summed E-state index contributed by atoms with van der Waals surface area (Å²) in [6, 6.07) is 6.40. The summed E-state index contributed by atoms with van der Waals surface area (Å²) in [5.41, 5.74) is 0.323. The summed E-state index contributed by atoms with van der Waals surface area (Å²) in [5.74, 6) is -0.478. The number of likely N-dealkylation sites (N-methyl/N-ethyl adjacent to an activating group) is 1. The van der Waals surface area contributed by atoms with Crippen LogP contribution in [-0.2, 0) is 14.8 Å². The maximum absolute atomic E-state index is 12.4. The molecule has 114 valence electrons. The van der Waals surface area contributed by atoms with Gasteiger partial charge in [0.1, 0.15) is 5.70 Å². The monoisotopic (exact) mass is 328 g/mol. The molecule has 0 radical (unpaired) electrons. The average molecular weight is 329 g/mol. The summed E-state index contributed by atoms with van der Waals surface area (Å²) in [7, 11) is -2.41. The number of nitrogens with one attached hydrogen (secondary N) is 1. The van der Waals surface area contributed by atoms with Crippen molar-refractivity contribution in [3.8, 4) is 0 Å². The quantitative estimate of drug-likeness (QED) is 0.861. The summed E-state index contributed by atoms with van der Waals surface area (Å²) in [4.78, 5) is 12.3. The molecular formula is C14H17ClN2O3S. The third-order valence-corrected chi connectivity index (χ3v) is 5.51. The van der Waals surface area contributed by atoms with Crippen LogP contribution < -0.4 is 5.32 Å². The first kappa shape index (κ1) is 15.9. The van der Waals surface area contributed by atoms with E-state index >= 15 is 0 Å². The van der Waals surface area contributed by atoms with Gasteiger partial charge in [-0.25, -0.2) is 8.42 Å². The number of halogens is 1. The Kier molecular flexibility index (Phi) is 4.58. The van der Waals surface area contributed by atoms with Crippen LogP contribution in [0.15, 0.2) is 34.9 Å². The molecular weight excluding hydrogens is 312 g/mol. The number of benzene rings is 1. The minimum absolute atomic E-state index is 0.0357. The van der Waals surface area contributed by atoms with Crippen molar-refractivity contribution in [2.45, 2.75) is 24.7 Å². The van der Waals surface area contributed by atoms with E-state index < -0.39 is 15.9 Å². The van der Waals surface area contributed by atoms with Gasteiger partial charge in [-0.3, -0.25) is 9.10 Å². The van der Waals surface area contributed by atoms with E-state index in [1.54, 1.807) is 18.2 Å². The molecule has 1 aliphatic rings. The lowest BCUT2D eigenvalue weighted by atomic mass is 10.1. The summed E-state index contributed by atoms with van der Waals surface area (Å²) in [6.45, 7) is 2.49. The van der Waals surface area contributed by atoms with E-state index in [0.29, 0.717) is 12.1 Å². The standard InChI is InChI=1S/C14H17ClN2O3S/c1-3-4-9-16-14(18)13-12(15)10-7-5-6-8-11(10)21(19,20)17(13)2/h5-8H,3-4,9H2,1-2H3,(H,16,18). The number of amides is 1. The zero-order valence-electron chi connectivity index (χ0n) is 11.9. The second kappa shape index (κ2) is 6.07. The van der Waals surface area contributed by atoms with Crippen LogP contribution in [0.4, 0.5) is 0 Å². The van der Waals surface area contributed by atoms with Gasteiger partial charge < -0.3 is 5.32 Å². The maximum atomic E-state index is 12.4. The Labute approximate surface area is 129 Å². The molecule has 0 fully saturated rings. The highest BCUT2D eigenvalue weighted by Crippen LogP contribution is 2.37. The molecule has 0 saturated heterocycles. The number of unbranched alkanes of at least 4 members (excludes halogenated alkanes) is 1. The zero-order chi connectivity index (χ0) is 15.6. The first-order valence-corrected chi connectivity index (χ1v) is 8.49. The highest BCUT2D eigenvalue weighted by atomic mass is 35.5. The van der Waals surface area contributed by atoms with Crippen molar-refractivity contribution in [3.05, 3.63) is 35.5 Å². The van der Waals surface area contributed by atoms with Gasteiger partial charge in [0.15, 0.2) is 0 Å². The fourth-order valence-corrected chi connectivity index (χ4v) is 4.00. The van der Waals surface area contributed by atoms with Crippen molar-refractivity contribution in [1.29, 1.82) is 0 Å². The number of nitrogens with zero attached hydrogens (tertiary/aromatic N) is 1. The van der Waals surface area contributed by atoms with Crippen LogP contribution in [0.5, 0.6) is 0 Å². The second-order valence-electron chi connectivity index (χ2n) is 4.74. The van der Waals surface area contributed by atoms with Gasteiger partial charge in [0.25, 0.3) is 15.9 Å². The van der Waals surface area contributed by atoms with Gasteiger partial charge in [0.05, 0.1) is 9.93 Å². The lowest BCUT2D eigenvalue weighted by Gasteiger charge is -2.28. The fraction of sp³-hybridized carbons (Fsp3) is 0.357. The number of fused-ring (bicyclic) bond motifs is 1. The molecule has 0 saturated carbocycles. The van der Waals surface area contributed by atoms with Crippen LogP contribution in [0.3, 0.4) is 0 Å². The van der Waals surface area contributed by atoms with E-state index in [-0.39, 0.29) is 15.6 Å². The van der Waals surface area contributed by atoms with Crippen LogP contribution in [0.2, 0.25) is 0 Å². The van der Waals surface area contributed by atoms with Gasteiger partial charge in [-0.2, -0.15) is 0 Å². The van der Waals surface area contributed by atoms with Crippen LogP contribution in [0, 0.1) is 0 Å². The minimum Gasteiger partial charge on any atom is -0.351 e. The smallest absolute Gasteiger partial charge is 0.270 e. The Bertz CT molecular complexity index is 698. The SMILES string of the molecule is CCCCNC(=O)C1=C(Cl)c2ccccc2S(=O)(=O)N1C. The van der Waals surface area contributed by atoms with Crippen LogP contribution in [-0.4, -0.2) is 32.2 Å². The molecule has 1 aromatic rings. The van der Waals surface area contributed by atoms with Gasteiger partial charge in [-0.05, 0) is 12.5 Å². The lowest BCUT2D eigenvalue weighted by molar-refractivity contribution is -0.118. The summed E-state index contributed by atoms with van der Waals surface area (Å²) < 4.78 is 25.8. The third kappa shape index (κ3) is 2.78. The Balaban J connectivity index is 2.48. The van der Waals surface area contributed by atoms with Crippen molar-refractivity contribution in [2.24, 2.45) is 0 Å². The molecule has 0 atom stereocenters. The van der Waals surface area contributed by atoms with E-state index in [1.807, 2.05) is 6.92 Å². The largest absolute Gasteiger partial charge is 0.351 e. The second-order valence-corrected chi connectivity index (χ2v) is 7.06. The number of sulfonamides is 1. The molecule has 1 heterocycles. The predicted octanol–water partition coefficient (Wildman–Crippen LogP) is 2.14. The first-order chi connectivity index (χ1) is 9.91. The number of carbonyl (C=O) groups is 1. The molecule has 1 aromatic carbocycles. The molecule has 2 rings (SSSR count). The average Bonchev–Trinajstić information content (AvgIpc) is 2.46. The molecule has 5 nitrogen and oxygen atoms in total.